The van der Waals surface area contributed by atoms with Crippen LogP contribution in [-0.4, -0.2) is 35.9 Å². The van der Waals surface area contributed by atoms with E-state index in [9.17, 15) is 14.4 Å². The largest absolute Gasteiger partial charge is 0.462 e. The number of thioether (sulfide) groups is 1. The molecule has 148 valence electrons. The molecule has 2 aromatic rings. The lowest BCUT2D eigenvalue weighted by molar-refractivity contribution is -0.114. The number of esters is 1. The predicted octanol–water partition coefficient (Wildman–Crippen LogP) is 3.79. The minimum Gasteiger partial charge on any atom is -0.462 e. The fourth-order valence-corrected chi connectivity index (χ4v) is 3.01. The maximum Gasteiger partial charge on any atom is 0.338 e. The van der Waals surface area contributed by atoms with Crippen LogP contribution in [0, 0.1) is 13.8 Å². The van der Waals surface area contributed by atoms with Gasteiger partial charge in [-0.3, -0.25) is 9.59 Å². The summed E-state index contributed by atoms with van der Waals surface area (Å²) in [6, 6.07) is 12.3. The van der Waals surface area contributed by atoms with E-state index in [2.05, 4.69) is 10.6 Å². The lowest BCUT2D eigenvalue weighted by Gasteiger charge is -2.08. The highest BCUT2D eigenvalue weighted by Gasteiger charge is 2.10. The zero-order chi connectivity index (χ0) is 20.5. The van der Waals surface area contributed by atoms with Gasteiger partial charge in [-0.1, -0.05) is 12.1 Å². The molecule has 0 unspecified atom stereocenters. The summed E-state index contributed by atoms with van der Waals surface area (Å²) >= 11 is 1.22. The van der Waals surface area contributed by atoms with Crippen LogP contribution in [-0.2, 0) is 14.3 Å². The molecule has 2 aromatic carbocycles. The summed E-state index contributed by atoms with van der Waals surface area (Å²) in [4.78, 5) is 35.8. The van der Waals surface area contributed by atoms with Crippen molar-refractivity contribution in [3.8, 4) is 0 Å². The Morgan fingerprint density at radius 1 is 0.893 bits per heavy atom. The van der Waals surface area contributed by atoms with E-state index < -0.39 is 5.97 Å². The number of ether oxygens (including phenoxy) is 1. The summed E-state index contributed by atoms with van der Waals surface area (Å²) < 4.78 is 4.94. The monoisotopic (exact) mass is 400 g/mol. The van der Waals surface area contributed by atoms with Crippen molar-refractivity contribution in [3.05, 3.63) is 59.2 Å². The lowest BCUT2D eigenvalue weighted by atomic mass is 10.1. The van der Waals surface area contributed by atoms with Crippen LogP contribution in [0.1, 0.15) is 28.4 Å². The number of aryl methyl sites for hydroxylation is 2. The Morgan fingerprint density at radius 2 is 1.54 bits per heavy atom. The van der Waals surface area contributed by atoms with E-state index >= 15 is 0 Å². The lowest BCUT2D eigenvalue weighted by Crippen LogP contribution is -2.18. The first-order chi connectivity index (χ1) is 13.4. The number of amides is 2. The zero-order valence-electron chi connectivity index (χ0n) is 16.2. The first-order valence-corrected chi connectivity index (χ1v) is 10.1. The van der Waals surface area contributed by atoms with Crippen LogP contribution in [0.5, 0.6) is 0 Å². The van der Waals surface area contributed by atoms with Gasteiger partial charge in [0.05, 0.1) is 23.7 Å². The minimum atomic E-state index is -0.434. The molecule has 0 aliphatic heterocycles. The molecule has 0 heterocycles. The molecular weight excluding hydrogens is 376 g/mol. The fourth-order valence-electron chi connectivity index (χ4n) is 2.39. The summed E-state index contributed by atoms with van der Waals surface area (Å²) in [6.45, 7) is 6.02. The normalized spacial score (nSPS) is 10.2. The van der Waals surface area contributed by atoms with Gasteiger partial charge in [0.25, 0.3) is 0 Å². The average molecular weight is 401 g/mol. The number of hydrogen-bond donors (Lipinski definition) is 2. The Hall–Kier alpha value is -2.80. The van der Waals surface area contributed by atoms with Gasteiger partial charge in [0.2, 0.25) is 11.8 Å². The molecule has 0 radical (unpaired) electrons. The standard InChI is InChI=1S/C21H24N2O4S/c1-4-27-21(26)16-6-5-7-17(11-16)22-19(24)12-28-13-20(25)23-18-9-8-14(2)15(3)10-18/h5-11H,4,12-13H2,1-3H3,(H,22,24)(H,23,25). The van der Waals surface area contributed by atoms with Crippen molar-refractivity contribution in [1.29, 1.82) is 0 Å². The van der Waals surface area contributed by atoms with Crippen LogP contribution < -0.4 is 10.6 Å². The predicted molar refractivity (Wildman–Crippen MR) is 113 cm³/mol. The SMILES string of the molecule is CCOC(=O)c1cccc(NC(=O)CSCC(=O)Nc2ccc(C)c(C)c2)c1. The fraction of sp³-hybridized carbons (Fsp3) is 0.286. The molecule has 0 aliphatic carbocycles. The molecule has 2 amide bonds. The van der Waals surface area contributed by atoms with E-state index in [1.165, 1.54) is 11.8 Å². The summed E-state index contributed by atoms with van der Waals surface area (Å²) in [5.41, 5.74) is 3.90. The van der Waals surface area contributed by atoms with Crippen molar-refractivity contribution in [2.45, 2.75) is 20.8 Å². The summed E-state index contributed by atoms with van der Waals surface area (Å²) in [6.07, 6.45) is 0. The molecule has 0 spiro atoms. The third-order valence-electron chi connectivity index (χ3n) is 3.91. The van der Waals surface area contributed by atoms with Crippen molar-refractivity contribution in [2.75, 3.05) is 28.7 Å². The second-order valence-corrected chi connectivity index (χ2v) is 7.18. The van der Waals surface area contributed by atoms with Gasteiger partial charge in [0, 0.05) is 11.4 Å². The Balaban J connectivity index is 1.78. The highest BCUT2D eigenvalue weighted by Crippen LogP contribution is 2.15. The van der Waals surface area contributed by atoms with Crippen LogP contribution in [0.25, 0.3) is 0 Å². The van der Waals surface area contributed by atoms with Crippen LogP contribution in [0.3, 0.4) is 0 Å². The molecule has 0 saturated heterocycles. The number of anilines is 2. The molecule has 0 atom stereocenters. The molecule has 0 saturated carbocycles. The van der Waals surface area contributed by atoms with Crippen molar-refractivity contribution >= 4 is 40.9 Å². The van der Waals surface area contributed by atoms with E-state index in [-0.39, 0.29) is 29.9 Å². The number of carbonyl (C=O) groups is 3. The quantitative estimate of drug-likeness (QED) is 0.659. The molecule has 7 heteroatoms. The molecule has 0 bridgehead atoms. The van der Waals surface area contributed by atoms with Crippen molar-refractivity contribution in [2.24, 2.45) is 0 Å². The maximum absolute atomic E-state index is 12.1. The third-order valence-corrected chi connectivity index (χ3v) is 4.85. The summed E-state index contributed by atoms with van der Waals surface area (Å²) in [5.74, 6) is -0.543. The van der Waals surface area contributed by atoms with E-state index in [0.29, 0.717) is 11.3 Å². The number of carbonyl (C=O) groups excluding carboxylic acids is 3. The van der Waals surface area contributed by atoms with Crippen molar-refractivity contribution < 1.29 is 19.1 Å². The Morgan fingerprint density at radius 3 is 2.14 bits per heavy atom. The highest BCUT2D eigenvalue weighted by molar-refractivity contribution is 8.00. The molecule has 6 nitrogen and oxygen atoms in total. The first-order valence-electron chi connectivity index (χ1n) is 8.91. The second kappa shape index (κ2) is 10.5. The first kappa shape index (κ1) is 21.5. The van der Waals surface area contributed by atoms with Crippen LogP contribution in [0.15, 0.2) is 42.5 Å². The van der Waals surface area contributed by atoms with E-state index in [1.807, 2.05) is 32.0 Å². The molecule has 28 heavy (non-hydrogen) atoms. The van der Waals surface area contributed by atoms with Gasteiger partial charge < -0.3 is 15.4 Å². The van der Waals surface area contributed by atoms with Crippen molar-refractivity contribution in [1.82, 2.24) is 0 Å². The Labute approximate surface area is 169 Å². The molecule has 2 rings (SSSR count). The van der Waals surface area contributed by atoms with Gasteiger partial charge in [-0.15, -0.1) is 11.8 Å². The Bertz CT molecular complexity index is 867. The summed E-state index contributed by atoms with van der Waals surface area (Å²) in [7, 11) is 0. The Kier molecular flexibility index (Phi) is 8.07. The zero-order valence-corrected chi connectivity index (χ0v) is 17.0. The number of hydrogen-bond acceptors (Lipinski definition) is 5. The number of rotatable bonds is 8. The van der Waals surface area contributed by atoms with Gasteiger partial charge in [0.1, 0.15) is 0 Å². The number of benzene rings is 2. The van der Waals surface area contributed by atoms with Crippen LogP contribution >= 0.6 is 11.8 Å². The minimum absolute atomic E-state index is 0.129. The summed E-state index contributed by atoms with van der Waals surface area (Å²) in [5, 5.41) is 5.54. The van der Waals surface area contributed by atoms with Gasteiger partial charge in [-0.2, -0.15) is 0 Å². The van der Waals surface area contributed by atoms with Gasteiger partial charge in [0.15, 0.2) is 0 Å². The molecule has 2 N–H and O–H groups in total. The maximum atomic E-state index is 12.1. The number of nitrogens with one attached hydrogen (secondary N) is 2. The topological polar surface area (TPSA) is 84.5 Å². The van der Waals surface area contributed by atoms with Gasteiger partial charge >= 0.3 is 5.97 Å². The van der Waals surface area contributed by atoms with E-state index in [4.69, 9.17) is 4.74 Å². The van der Waals surface area contributed by atoms with Crippen LogP contribution in [0.2, 0.25) is 0 Å². The molecule has 0 aromatic heterocycles. The highest BCUT2D eigenvalue weighted by atomic mass is 32.2. The molecule has 0 fully saturated rings. The van der Waals surface area contributed by atoms with E-state index in [0.717, 1.165) is 16.8 Å². The van der Waals surface area contributed by atoms with Crippen LogP contribution in [0.4, 0.5) is 11.4 Å². The van der Waals surface area contributed by atoms with Crippen molar-refractivity contribution in [3.63, 3.8) is 0 Å². The second-order valence-electron chi connectivity index (χ2n) is 6.19. The smallest absolute Gasteiger partial charge is 0.338 e. The average Bonchev–Trinajstić information content (AvgIpc) is 2.65. The molecular formula is C21H24N2O4S. The van der Waals surface area contributed by atoms with E-state index in [1.54, 1.807) is 31.2 Å². The third kappa shape index (κ3) is 6.74. The van der Waals surface area contributed by atoms with Gasteiger partial charge in [-0.05, 0) is 62.2 Å². The van der Waals surface area contributed by atoms with Gasteiger partial charge in [-0.25, -0.2) is 4.79 Å². The molecule has 0 aliphatic rings.